The molecule has 0 unspecified atom stereocenters. The summed E-state index contributed by atoms with van der Waals surface area (Å²) in [5.74, 6) is -1.23. The van der Waals surface area contributed by atoms with E-state index in [-0.39, 0.29) is 6.54 Å². The van der Waals surface area contributed by atoms with Crippen molar-refractivity contribution in [3.05, 3.63) is 34.1 Å². The molecule has 20 heavy (non-hydrogen) atoms. The van der Waals surface area contributed by atoms with Crippen molar-refractivity contribution in [1.82, 2.24) is 4.31 Å². The van der Waals surface area contributed by atoms with Gasteiger partial charge in [-0.15, -0.1) is 0 Å². The van der Waals surface area contributed by atoms with Gasteiger partial charge in [-0.05, 0) is 26.0 Å². The summed E-state index contributed by atoms with van der Waals surface area (Å²) in [5, 5.41) is 20.4. The van der Waals surface area contributed by atoms with Crippen molar-refractivity contribution >= 4 is 15.7 Å². The Balaban J connectivity index is 3.37. The predicted octanol–water partition coefficient (Wildman–Crippen LogP) is 1.13. The first-order chi connectivity index (χ1) is 8.97. The molecule has 7 nitrogen and oxygen atoms in total. The Morgan fingerprint density at radius 1 is 1.45 bits per heavy atom. The second-order valence-corrected chi connectivity index (χ2v) is 6.93. The van der Waals surface area contributed by atoms with Crippen molar-refractivity contribution in [2.45, 2.75) is 24.3 Å². The van der Waals surface area contributed by atoms with E-state index in [0.29, 0.717) is 0 Å². The molecule has 0 aliphatic carbocycles. The molecule has 0 saturated carbocycles. The van der Waals surface area contributed by atoms with E-state index < -0.39 is 36.9 Å². The van der Waals surface area contributed by atoms with Gasteiger partial charge in [0.25, 0.3) is 0 Å². The average molecular weight is 306 g/mol. The first-order valence-corrected chi connectivity index (χ1v) is 7.02. The second-order valence-electron chi connectivity index (χ2n) is 4.92. The fourth-order valence-electron chi connectivity index (χ4n) is 1.68. The molecule has 1 rings (SSSR count). The van der Waals surface area contributed by atoms with E-state index in [1.54, 1.807) is 0 Å². The molecule has 112 valence electrons. The molecule has 0 bridgehead atoms. The molecule has 0 aromatic heterocycles. The fourth-order valence-corrected chi connectivity index (χ4v) is 3.17. The van der Waals surface area contributed by atoms with E-state index in [1.807, 2.05) is 0 Å². The van der Waals surface area contributed by atoms with Gasteiger partial charge in [0.2, 0.25) is 15.8 Å². The van der Waals surface area contributed by atoms with Crippen molar-refractivity contribution < 1.29 is 22.8 Å². The summed E-state index contributed by atoms with van der Waals surface area (Å²) in [7, 11) is -3.12. The normalized spacial score (nSPS) is 12.7. The summed E-state index contributed by atoms with van der Waals surface area (Å²) in [5.41, 5.74) is -2.43. The minimum absolute atomic E-state index is 0.289. The van der Waals surface area contributed by atoms with Gasteiger partial charge >= 0.3 is 5.69 Å². The molecule has 0 heterocycles. The Labute approximate surface area is 115 Å². The van der Waals surface area contributed by atoms with Crippen LogP contribution in [0, 0.1) is 15.9 Å². The van der Waals surface area contributed by atoms with E-state index in [0.717, 1.165) is 29.6 Å². The minimum atomic E-state index is -4.28. The average Bonchev–Trinajstić information content (AvgIpc) is 2.25. The van der Waals surface area contributed by atoms with E-state index in [9.17, 15) is 28.0 Å². The number of aliphatic hydroxyl groups is 1. The van der Waals surface area contributed by atoms with Crippen LogP contribution in [0.25, 0.3) is 0 Å². The molecular formula is C11H15FN2O5S. The second kappa shape index (κ2) is 5.43. The number of likely N-dealkylation sites (N-methyl/N-ethyl adjacent to an activating group) is 1. The Bertz CT molecular complexity index is 624. The topological polar surface area (TPSA) is 101 Å². The van der Waals surface area contributed by atoms with Crippen LogP contribution in [0.4, 0.5) is 10.1 Å². The van der Waals surface area contributed by atoms with Crippen LogP contribution in [0.2, 0.25) is 0 Å². The number of benzene rings is 1. The number of hydrogen-bond donors (Lipinski definition) is 1. The fraction of sp³-hybridized carbons (Fsp3) is 0.455. The van der Waals surface area contributed by atoms with E-state index >= 15 is 0 Å². The first-order valence-electron chi connectivity index (χ1n) is 5.58. The lowest BCUT2D eigenvalue weighted by Crippen LogP contribution is -2.39. The van der Waals surface area contributed by atoms with Crippen LogP contribution in [-0.4, -0.2) is 41.9 Å². The van der Waals surface area contributed by atoms with Crippen LogP contribution in [0.3, 0.4) is 0 Å². The van der Waals surface area contributed by atoms with Gasteiger partial charge in [0.1, 0.15) is 0 Å². The molecule has 9 heteroatoms. The third-order valence-electron chi connectivity index (χ3n) is 2.43. The third-order valence-corrected chi connectivity index (χ3v) is 4.27. The van der Waals surface area contributed by atoms with Gasteiger partial charge in [0, 0.05) is 13.6 Å². The SMILES string of the molecule is CN(CC(C)(C)O)S(=O)(=O)c1cccc(F)c1[N+](=O)[O-]. The Morgan fingerprint density at radius 3 is 2.45 bits per heavy atom. The van der Waals surface area contributed by atoms with Gasteiger partial charge in [-0.25, -0.2) is 8.42 Å². The van der Waals surface area contributed by atoms with Crippen molar-refractivity contribution in [2.24, 2.45) is 0 Å². The number of rotatable bonds is 5. The molecule has 0 aliphatic heterocycles. The number of nitro groups is 1. The number of para-hydroxylation sites is 1. The number of nitro benzene ring substituents is 1. The number of sulfonamides is 1. The van der Waals surface area contributed by atoms with Crippen LogP contribution < -0.4 is 0 Å². The highest BCUT2D eigenvalue weighted by Crippen LogP contribution is 2.29. The summed E-state index contributed by atoms with van der Waals surface area (Å²) >= 11 is 0. The molecule has 0 amide bonds. The highest BCUT2D eigenvalue weighted by atomic mass is 32.2. The quantitative estimate of drug-likeness (QED) is 0.649. The van der Waals surface area contributed by atoms with Gasteiger partial charge < -0.3 is 5.11 Å². The lowest BCUT2D eigenvalue weighted by molar-refractivity contribution is -0.390. The van der Waals surface area contributed by atoms with Crippen LogP contribution in [0.1, 0.15) is 13.8 Å². The molecule has 0 atom stereocenters. The minimum Gasteiger partial charge on any atom is -0.389 e. The van der Waals surface area contributed by atoms with Gasteiger partial charge in [0.15, 0.2) is 4.90 Å². The molecule has 0 aliphatic rings. The zero-order valence-corrected chi connectivity index (χ0v) is 12.0. The van der Waals surface area contributed by atoms with Gasteiger partial charge in [-0.3, -0.25) is 10.1 Å². The van der Waals surface area contributed by atoms with Crippen molar-refractivity contribution in [2.75, 3.05) is 13.6 Å². The van der Waals surface area contributed by atoms with Crippen LogP contribution in [0.15, 0.2) is 23.1 Å². The third kappa shape index (κ3) is 3.50. The van der Waals surface area contributed by atoms with Crippen LogP contribution >= 0.6 is 0 Å². The zero-order chi connectivity index (χ0) is 15.7. The van der Waals surface area contributed by atoms with Crippen molar-refractivity contribution in [3.63, 3.8) is 0 Å². The number of nitrogens with zero attached hydrogens (tertiary/aromatic N) is 2. The maximum absolute atomic E-state index is 13.5. The van der Waals surface area contributed by atoms with Gasteiger partial charge in [0.05, 0.1) is 10.5 Å². The molecule has 0 saturated heterocycles. The summed E-state index contributed by atoms with van der Waals surface area (Å²) in [4.78, 5) is 9.01. The van der Waals surface area contributed by atoms with Crippen molar-refractivity contribution in [3.8, 4) is 0 Å². The standard InChI is InChI=1S/C11H15FN2O5S/c1-11(2,15)7-13(3)20(18,19)9-6-4-5-8(12)10(9)14(16)17/h4-6,15H,7H2,1-3H3. The Hall–Kier alpha value is -1.58. The van der Waals surface area contributed by atoms with Crippen LogP contribution in [0.5, 0.6) is 0 Å². The molecule has 1 N–H and O–H groups in total. The Kier molecular flexibility index (Phi) is 4.47. The summed E-state index contributed by atoms with van der Waals surface area (Å²) in [6.07, 6.45) is 0. The Morgan fingerprint density at radius 2 is 2.00 bits per heavy atom. The monoisotopic (exact) mass is 306 g/mol. The molecule has 1 aromatic carbocycles. The van der Waals surface area contributed by atoms with Crippen LogP contribution in [-0.2, 0) is 10.0 Å². The highest BCUT2D eigenvalue weighted by Gasteiger charge is 2.34. The maximum Gasteiger partial charge on any atom is 0.324 e. The van der Waals surface area contributed by atoms with Crippen molar-refractivity contribution in [1.29, 1.82) is 0 Å². The smallest absolute Gasteiger partial charge is 0.324 e. The lowest BCUT2D eigenvalue weighted by Gasteiger charge is -2.24. The van der Waals surface area contributed by atoms with Gasteiger partial charge in [-0.2, -0.15) is 8.70 Å². The molecular weight excluding hydrogens is 291 g/mol. The lowest BCUT2D eigenvalue weighted by atomic mass is 10.1. The number of halogens is 1. The molecule has 0 radical (unpaired) electrons. The highest BCUT2D eigenvalue weighted by molar-refractivity contribution is 7.89. The van der Waals surface area contributed by atoms with E-state index in [4.69, 9.17) is 0 Å². The summed E-state index contributed by atoms with van der Waals surface area (Å²) < 4.78 is 38.7. The maximum atomic E-state index is 13.5. The molecule has 0 fully saturated rings. The summed E-state index contributed by atoms with van der Waals surface area (Å²) in [6, 6.07) is 2.84. The predicted molar refractivity (Wildman–Crippen MR) is 69.2 cm³/mol. The van der Waals surface area contributed by atoms with E-state index in [2.05, 4.69) is 0 Å². The zero-order valence-electron chi connectivity index (χ0n) is 11.2. The number of hydrogen-bond acceptors (Lipinski definition) is 5. The molecule has 0 spiro atoms. The molecule has 1 aromatic rings. The van der Waals surface area contributed by atoms with Gasteiger partial charge in [-0.1, -0.05) is 6.07 Å². The largest absolute Gasteiger partial charge is 0.389 e. The first kappa shape index (κ1) is 16.5. The van der Waals surface area contributed by atoms with E-state index in [1.165, 1.54) is 13.8 Å². The summed E-state index contributed by atoms with van der Waals surface area (Å²) in [6.45, 7) is 2.49.